The topological polar surface area (TPSA) is 64.4 Å². The van der Waals surface area contributed by atoms with Gasteiger partial charge in [0.2, 0.25) is 0 Å². The molecule has 0 rings (SSSR count). The van der Waals surface area contributed by atoms with E-state index in [9.17, 15) is 4.39 Å². The normalized spacial score (nSPS) is 14.2. The van der Waals surface area contributed by atoms with Crippen molar-refractivity contribution in [2.24, 2.45) is 16.5 Å². The molecule has 0 heterocycles. The fraction of sp³-hybridized carbons (Fsp3) is 0.250. The second kappa shape index (κ2) is 3.01. The number of halogens is 1. The van der Waals surface area contributed by atoms with E-state index in [1.807, 2.05) is 0 Å². The quantitative estimate of drug-likeness (QED) is 0.367. The molecule has 0 saturated carbocycles. The minimum Gasteiger partial charge on any atom is -0.402 e. The third kappa shape index (κ3) is 1.59. The average molecular weight is 117 g/mol. The molecule has 0 radical (unpaired) electrons. The van der Waals surface area contributed by atoms with Gasteiger partial charge < -0.3 is 11.5 Å². The zero-order valence-corrected chi connectivity index (χ0v) is 4.56. The van der Waals surface area contributed by atoms with Crippen LogP contribution in [0.2, 0.25) is 0 Å². The third-order valence-electron chi connectivity index (χ3n) is 0.632. The predicted octanol–water partition coefficient (Wildman–Crippen LogP) is -0.257. The zero-order chi connectivity index (χ0) is 6.57. The van der Waals surface area contributed by atoms with E-state index in [1.165, 1.54) is 7.05 Å². The lowest BCUT2D eigenvalue weighted by Crippen LogP contribution is -2.12. The van der Waals surface area contributed by atoms with Crippen molar-refractivity contribution in [2.45, 2.75) is 0 Å². The van der Waals surface area contributed by atoms with E-state index in [1.54, 1.807) is 0 Å². The van der Waals surface area contributed by atoms with Gasteiger partial charge in [-0.1, -0.05) is 0 Å². The zero-order valence-electron chi connectivity index (χ0n) is 4.56. The maximum atomic E-state index is 12.0. The van der Waals surface area contributed by atoms with E-state index in [0.29, 0.717) is 0 Å². The fourth-order valence-electron chi connectivity index (χ4n) is 0.192. The van der Waals surface area contributed by atoms with Crippen LogP contribution >= 0.6 is 0 Å². The number of amidine groups is 1. The van der Waals surface area contributed by atoms with Gasteiger partial charge in [-0.25, -0.2) is 4.39 Å². The Balaban J connectivity index is 4.04. The minimum atomic E-state index is -0.687. The van der Waals surface area contributed by atoms with Crippen LogP contribution in [-0.4, -0.2) is 12.9 Å². The molecule has 0 aliphatic rings. The number of rotatable bonds is 1. The maximum absolute atomic E-state index is 12.0. The summed E-state index contributed by atoms with van der Waals surface area (Å²) in [4.78, 5) is 3.33. The molecule has 0 aliphatic heterocycles. The van der Waals surface area contributed by atoms with Gasteiger partial charge in [0, 0.05) is 13.2 Å². The molecule has 46 valence electrons. The first-order chi connectivity index (χ1) is 3.72. The Morgan fingerprint density at radius 3 is 2.38 bits per heavy atom. The number of nitrogens with zero attached hydrogens (tertiary/aromatic N) is 1. The molecule has 4 N–H and O–H groups in total. The Labute approximate surface area is 46.9 Å². The lowest BCUT2D eigenvalue weighted by molar-refractivity contribution is 0.675. The second-order valence-corrected chi connectivity index (χ2v) is 1.12. The van der Waals surface area contributed by atoms with Gasteiger partial charge in [-0.3, -0.25) is 4.99 Å². The van der Waals surface area contributed by atoms with Gasteiger partial charge >= 0.3 is 0 Å². The minimum absolute atomic E-state index is 0.174. The highest BCUT2D eigenvalue weighted by Gasteiger charge is 1.94. The molecule has 0 aliphatic carbocycles. The number of hydrogen-bond donors (Lipinski definition) is 2. The van der Waals surface area contributed by atoms with Crippen LogP contribution in [0, 0.1) is 0 Å². The van der Waals surface area contributed by atoms with Gasteiger partial charge in [-0.2, -0.15) is 0 Å². The molecule has 8 heavy (non-hydrogen) atoms. The number of aliphatic imine (C=N–C) groups is 1. The van der Waals surface area contributed by atoms with Gasteiger partial charge in [-0.05, 0) is 0 Å². The van der Waals surface area contributed by atoms with E-state index < -0.39 is 5.83 Å². The number of hydrogen-bond acceptors (Lipinski definition) is 2. The van der Waals surface area contributed by atoms with Gasteiger partial charge in [0.15, 0.2) is 11.7 Å². The molecule has 0 fully saturated rings. The van der Waals surface area contributed by atoms with Crippen molar-refractivity contribution in [3.05, 3.63) is 12.0 Å². The van der Waals surface area contributed by atoms with Crippen LogP contribution in [0.4, 0.5) is 4.39 Å². The fourth-order valence-corrected chi connectivity index (χ4v) is 0.192. The van der Waals surface area contributed by atoms with Crippen molar-refractivity contribution in [3.63, 3.8) is 0 Å². The Hall–Kier alpha value is -1.06. The van der Waals surface area contributed by atoms with Crippen molar-refractivity contribution in [1.82, 2.24) is 0 Å². The van der Waals surface area contributed by atoms with Crippen LogP contribution in [0.15, 0.2) is 17.0 Å². The molecule has 0 bridgehead atoms. The summed E-state index contributed by atoms with van der Waals surface area (Å²) in [5.41, 5.74) is 9.70. The Kier molecular flexibility index (Phi) is 2.61. The Morgan fingerprint density at radius 2 is 2.25 bits per heavy atom. The van der Waals surface area contributed by atoms with Crippen molar-refractivity contribution in [2.75, 3.05) is 7.05 Å². The average Bonchev–Trinajstić information content (AvgIpc) is 1.84. The molecule has 0 aromatic carbocycles. The maximum Gasteiger partial charge on any atom is 0.180 e. The largest absolute Gasteiger partial charge is 0.402 e. The van der Waals surface area contributed by atoms with E-state index in [4.69, 9.17) is 11.5 Å². The van der Waals surface area contributed by atoms with Crippen molar-refractivity contribution in [1.29, 1.82) is 0 Å². The highest BCUT2D eigenvalue weighted by atomic mass is 19.1. The highest BCUT2D eigenvalue weighted by Crippen LogP contribution is 1.90. The smallest absolute Gasteiger partial charge is 0.180 e. The Bertz CT molecular complexity index is 111. The molecule has 0 aromatic rings. The third-order valence-corrected chi connectivity index (χ3v) is 0.632. The summed E-state index contributed by atoms with van der Waals surface area (Å²) in [6, 6.07) is 0. The van der Waals surface area contributed by atoms with Crippen molar-refractivity contribution >= 4 is 5.84 Å². The molecule has 0 atom stereocenters. The first kappa shape index (κ1) is 6.94. The summed E-state index contributed by atoms with van der Waals surface area (Å²) >= 11 is 0. The van der Waals surface area contributed by atoms with Crippen LogP contribution in [0.3, 0.4) is 0 Å². The first-order valence-electron chi connectivity index (χ1n) is 2.02. The van der Waals surface area contributed by atoms with E-state index >= 15 is 0 Å². The summed E-state index contributed by atoms with van der Waals surface area (Å²) in [7, 11) is 1.39. The van der Waals surface area contributed by atoms with E-state index in [0.717, 1.165) is 6.20 Å². The molecule has 0 aromatic heterocycles. The van der Waals surface area contributed by atoms with Crippen molar-refractivity contribution < 1.29 is 4.39 Å². The van der Waals surface area contributed by atoms with Crippen LogP contribution in [-0.2, 0) is 0 Å². The van der Waals surface area contributed by atoms with Gasteiger partial charge in [0.25, 0.3) is 0 Å². The lowest BCUT2D eigenvalue weighted by atomic mass is 10.5. The number of nitrogens with two attached hydrogens (primary N) is 2. The molecule has 3 nitrogen and oxygen atoms in total. The summed E-state index contributed by atoms with van der Waals surface area (Å²) < 4.78 is 12.0. The monoisotopic (exact) mass is 117 g/mol. The SMILES string of the molecule is CN=C(N)C(F)=CN. The standard InChI is InChI=1S/C4H8FN3/c1-8-4(7)3(5)2-6/h2H,6H2,1H3,(H2,7,8). The Morgan fingerprint density at radius 1 is 1.75 bits per heavy atom. The predicted molar refractivity (Wildman–Crippen MR) is 30.9 cm³/mol. The second-order valence-electron chi connectivity index (χ2n) is 1.12. The van der Waals surface area contributed by atoms with E-state index in [-0.39, 0.29) is 5.84 Å². The molecular formula is C4H8FN3. The van der Waals surface area contributed by atoms with E-state index in [2.05, 4.69) is 4.99 Å². The van der Waals surface area contributed by atoms with Gasteiger partial charge in [0.1, 0.15) is 0 Å². The van der Waals surface area contributed by atoms with Crippen LogP contribution < -0.4 is 11.5 Å². The summed E-state index contributed by atoms with van der Waals surface area (Å²) in [5, 5.41) is 0. The highest BCUT2D eigenvalue weighted by molar-refractivity contribution is 5.94. The molecule has 0 saturated heterocycles. The van der Waals surface area contributed by atoms with Crippen molar-refractivity contribution in [3.8, 4) is 0 Å². The van der Waals surface area contributed by atoms with Gasteiger partial charge in [-0.15, -0.1) is 0 Å². The first-order valence-corrected chi connectivity index (χ1v) is 2.02. The summed E-state index contributed by atoms with van der Waals surface area (Å²) in [5.74, 6) is -0.861. The van der Waals surface area contributed by atoms with Crippen LogP contribution in [0.5, 0.6) is 0 Å². The summed E-state index contributed by atoms with van der Waals surface area (Å²) in [6.07, 6.45) is 0.766. The summed E-state index contributed by atoms with van der Waals surface area (Å²) in [6.45, 7) is 0. The molecular weight excluding hydrogens is 109 g/mol. The molecule has 0 spiro atoms. The van der Waals surface area contributed by atoms with Crippen LogP contribution in [0.1, 0.15) is 0 Å². The lowest BCUT2D eigenvalue weighted by Gasteiger charge is -1.89. The molecule has 0 amide bonds. The van der Waals surface area contributed by atoms with Gasteiger partial charge in [0.05, 0.1) is 0 Å². The molecule has 4 heteroatoms. The van der Waals surface area contributed by atoms with Crippen LogP contribution in [0.25, 0.3) is 0 Å². The molecule has 0 unspecified atom stereocenters.